The van der Waals surface area contributed by atoms with E-state index >= 15 is 0 Å². The van der Waals surface area contributed by atoms with E-state index < -0.39 is 17.8 Å². The first-order valence-electron chi connectivity index (χ1n) is 9.39. The Labute approximate surface area is 171 Å². The molecule has 0 saturated carbocycles. The number of β-amino-alcohol motifs (C(OH)–C–C–N with tert-alkyl or cyclic N) is 1. The summed E-state index contributed by atoms with van der Waals surface area (Å²) in [6.45, 7) is 2.85. The van der Waals surface area contributed by atoms with Gasteiger partial charge < -0.3 is 14.7 Å². The van der Waals surface area contributed by atoms with Crippen molar-refractivity contribution in [3.05, 3.63) is 63.4 Å². The number of amides is 1. The summed E-state index contributed by atoms with van der Waals surface area (Å²) in [7, 11) is 0. The lowest BCUT2D eigenvalue weighted by Crippen LogP contribution is -2.44. The lowest BCUT2D eigenvalue weighted by Gasteiger charge is -2.32. The van der Waals surface area contributed by atoms with Crippen molar-refractivity contribution in [1.29, 1.82) is 0 Å². The predicted octanol–water partition coefficient (Wildman–Crippen LogP) is 2.84. The quantitative estimate of drug-likeness (QED) is 0.781. The Balaban J connectivity index is 1.42. The Bertz CT molecular complexity index is 892. The van der Waals surface area contributed by atoms with Gasteiger partial charge in [-0.25, -0.2) is 4.39 Å². The molecule has 2 aliphatic heterocycles. The third kappa shape index (κ3) is 4.06. The molecule has 28 heavy (non-hydrogen) atoms. The standard InChI is InChI=1S/C21H22BrFN2O3/c22-16-9-18(23)20-19(10-16)28-8-7-25(21(20)27)13-17(26)12-24-6-5-14-3-1-2-4-15(14)11-24/h1-4,9-10,17,26H,5-8,11-13H2. The molecule has 7 heteroatoms. The maximum atomic E-state index is 14.4. The van der Waals surface area contributed by atoms with Gasteiger partial charge in [-0.1, -0.05) is 40.2 Å². The lowest BCUT2D eigenvalue weighted by molar-refractivity contribution is 0.0498. The van der Waals surface area contributed by atoms with Crippen LogP contribution >= 0.6 is 15.9 Å². The van der Waals surface area contributed by atoms with Gasteiger partial charge in [0.1, 0.15) is 23.7 Å². The predicted molar refractivity (Wildman–Crippen MR) is 107 cm³/mol. The summed E-state index contributed by atoms with van der Waals surface area (Å²) < 4.78 is 20.4. The van der Waals surface area contributed by atoms with Crippen molar-refractivity contribution in [3.8, 4) is 5.75 Å². The van der Waals surface area contributed by atoms with Gasteiger partial charge in [0.25, 0.3) is 5.91 Å². The van der Waals surface area contributed by atoms with Crippen LogP contribution in [0.25, 0.3) is 0 Å². The highest BCUT2D eigenvalue weighted by Gasteiger charge is 2.29. The van der Waals surface area contributed by atoms with Crippen molar-refractivity contribution in [2.75, 3.05) is 32.8 Å². The maximum absolute atomic E-state index is 14.4. The van der Waals surface area contributed by atoms with Gasteiger partial charge in [0, 0.05) is 30.7 Å². The van der Waals surface area contributed by atoms with Crippen LogP contribution in [-0.4, -0.2) is 59.7 Å². The molecule has 2 aliphatic rings. The first kappa shape index (κ1) is 19.4. The largest absolute Gasteiger partial charge is 0.491 e. The zero-order valence-electron chi connectivity index (χ0n) is 15.4. The molecule has 1 atom stereocenters. The zero-order chi connectivity index (χ0) is 19.7. The summed E-state index contributed by atoms with van der Waals surface area (Å²) in [6, 6.07) is 11.2. The van der Waals surface area contributed by atoms with E-state index in [9.17, 15) is 14.3 Å². The Morgan fingerprint density at radius 3 is 2.79 bits per heavy atom. The van der Waals surface area contributed by atoms with E-state index in [1.807, 2.05) is 12.1 Å². The molecule has 148 valence electrons. The van der Waals surface area contributed by atoms with Crippen LogP contribution in [0.4, 0.5) is 4.39 Å². The highest BCUT2D eigenvalue weighted by atomic mass is 79.9. The minimum atomic E-state index is -0.714. The fourth-order valence-electron chi connectivity index (χ4n) is 3.89. The number of rotatable bonds is 4. The fraction of sp³-hybridized carbons (Fsp3) is 0.381. The van der Waals surface area contributed by atoms with E-state index in [1.54, 1.807) is 6.07 Å². The zero-order valence-corrected chi connectivity index (χ0v) is 17.0. The van der Waals surface area contributed by atoms with Gasteiger partial charge in [0.15, 0.2) is 0 Å². The first-order chi connectivity index (χ1) is 13.5. The van der Waals surface area contributed by atoms with Crippen LogP contribution in [0.2, 0.25) is 0 Å². The van der Waals surface area contributed by atoms with Crippen LogP contribution in [0, 0.1) is 5.82 Å². The number of halogens is 2. The van der Waals surface area contributed by atoms with Gasteiger partial charge in [-0.05, 0) is 29.7 Å². The number of carbonyl (C=O) groups is 1. The molecule has 1 amide bonds. The molecule has 5 nitrogen and oxygen atoms in total. The van der Waals surface area contributed by atoms with Crippen molar-refractivity contribution in [2.45, 2.75) is 19.1 Å². The van der Waals surface area contributed by atoms with Gasteiger partial charge >= 0.3 is 0 Å². The van der Waals surface area contributed by atoms with Gasteiger partial charge in [0.2, 0.25) is 0 Å². The van der Waals surface area contributed by atoms with E-state index in [2.05, 4.69) is 33.0 Å². The monoisotopic (exact) mass is 448 g/mol. The molecule has 0 aliphatic carbocycles. The smallest absolute Gasteiger partial charge is 0.260 e. The first-order valence-corrected chi connectivity index (χ1v) is 10.2. The normalized spacial score (nSPS) is 18.1. The second kappa shape index (κ2) is 8.19. The summed E-state index contributed by atoms with van der Waals surface area (Å²) in [5.74, 6) is -0.828. The van der Waals surface area contributed by atoms with Gasteiger partial charge in [-0.2, -0.15) is 0 Å². The molecule has 0 radical (unpaired) electrons. The van der Waals surface area contributed by atoms with E-state index in [4.69, 9.17) is 4.74 Å². The van der Waals surface area contributed by atoms with Crippen molar-refractivity contribution >= 4 is 21.8 Å². The minimum absolute atomic E-state index is 0.0696. The number of benzene rings is 2. The third-order valence-electron chi connectivity index (χ3n) is 5.25. The second-order valence-corrected chi connectivity index (χ2v) is 8.18. The Kier molecular flexibility index (Phi) is 5.66. The summed E-state index contributed by atoms with van der Waals surface area (Å²) in [5, 5.41) is 10.6. The van der Waals surface area contributed by atoms with Crippen molar-refractivity contribution < 1.29 is 19.0 Å². The number of hydrogen-bond acceptors (Lipinski definition) is 4. The third-order valence-corrected chi connectivity index (χ3v) is 5.71. The van der Waals surface area contributed by atoms with E-state index in [-0.39, 0.29) is 24.5 Å². The highest BCUT2D eigenvalue weighted by molar-refractivity contribution is 9.10. The number of fused-ring (bicyclic) bond motifs is 2. The van der Waals surface area contributed by atoms with Crippen molar-refractivity contribution in [2.24, 2.45) is 0 Å². The Morgan fingerprint density at radius 1 is 1.18 bits per heavy atom. The van der Waals surface area contributed by atoms with E-state index in [1.165, 1.54) is 22.1 Å². The van der Waals surface area contributed by atoms with E-state index in [0.29, 0.717) is 17.6 Å². The van der Waals surface area contributed by atoms with Crippen LogP contribution < -0.4 is 4.74 Å². The Morgan fingerprint density at radius 2 is 1.96 bits per heavy atom. The van der Waals surface area contributed by atoms with E-state index in [0.717, 1.165) is 19.5 Å². The summed E-state index contributed by atoms with van der Waals surface area (Å²) in [4.78, 5) is 16.5. The minimum Gasteiger partial charge on any atom is -0.491 e. The van der Waals surface area contributed by atoms with Crippen LogP contribution in [0.3, 0.4) is 0 Å². The van der Waals surface area contributed by atoms with Crippen LogP contribution in [0.5, 0.6) is 5.75 Å². The van der Waals surface area contributed by atoms with Crippen LogP contribution in [-0.2, 0) is 13.0 Å². The SMILES string of the molecule is O=C1c2c(F)cc(Br)cc2OCCN1CC(O)CN1CCc2ccccc2C1. The van der Waals surface area contributed by atoms with Crippen molar-refractivity contribution in [1.82, 2.24) is 9.80 Å². The van der Waals surface area contributed by atoms with Gasteiger partial charge in [-0.3, -0.25) is 9.69 Å². The van der Waals surface area contributed by atoms with Gasteiger partial charge in [0.05, 0.1) is 12.6 Å². The number of ether oxygens (including phenoxy) is 1. The summed E-state index contributed by atoms with van der Waals surface area (Å²) in [6.07, 6.45) is 0.238. The molecule has 2 aromatic rings. The summed E-state index contributed by atoms with van der Waals surface area (Å²) in [5.41, 5.74) is 2.56. The average molecular weight is 449 g/mol. The molecule has 2 aromatic carbocycles. The number of nitrogens with zero attached hydrogens (tertiary/aromatic N) is 2. The molecular weight excluding hydrogens is 427 g/mol. The Hall–Kier alpha value is -1.96. The summed E-state index contributed by atoms with van der Waals surface area (Å²) >= 11 is 3.22. The molecule has 0 saturated heterocycles. The van der Waals surface area contributed by atoms with Crippen LogP contribution in [0.1, 0.15) is 21.5 Å². The molecule has 0 bridgehead atoms. The van der Waals surface area contributed by atoms with Crippen molar-refractivity contribution in [3.63, 3.8) is 0 Å². The molecule has 1 unspecified atom stereocenters. The highest BCUT2D eigenvalue weighted by Crippen LogP contribution is 2.30. The van der Waals surface area contributed by atoms with Gasteiger partial charge in [-0.15, -0.1) is 0 Å². The number of aliphatic hydroxyl groups excluding tert-OH is 1. The number of hydrogen-bond donors (Lipinski definition) is 1. The number of aliphatic hydroxyl groups is 1. The molecule has 4 rings (SSSR count). The molecule has 2 heterocycles. The molecular formula is C21H22BrFN2O3. The van der Waals surface area contributed by atoms with Crippen LogP contribution in [0.15, 0.2) is 40.9 Å². The molecule has 0 aromatic heterocycles. The molecule has 0 fully saturated rings. The second-order valence-electron chi connectivity index (χ2n) is 7.27. The maximum Gasteiger partial charge on any atom is 0.260 e. The average Bonchev–Trinajstić information content (AvgIpc) is 2.80. The molecule has 1 N–H and O–H groups in total. The lowest BCUT2D eigenvalue weighted by atomic mass is 10.00. The topological polar surface area (TPSA) is 53.0 Å². The fourth-order valence-corrected chi connectivity index (χ4v) is 4.30. The number of carbonyl (C=O) groups excluding carboxylic acids is 1. The molecule has 0 spiro atoms.